The summed E-state index contributed by atoms with van der Waals surface area (Å²) < 4.78 is 1.93. The first-order valence-corrected chi connectivity index (χ1v) is 7.90. The number of rotatable bonds is 2. The summed E-state index contributed by atoms with van der Waals surface area (Å²) in [5.41, 5.74) is 4.46. The van der Waals surface area contributed by atoms with Crippen LogP contribution in [-0.2, 0) is 0 Å². The van der Waals surface area contributed by atoms with Gasteiger partial charge in [-0.1, -0.05) is 24.3 Å². The van der Waals surface area contributed by atoms with Crippen LogP contribution in [0.15, 0.2) is 42.6 Å². The fourth-order valence-electron chi connectivity index (χ4n) is 3.57. The van der Waals surface area contributed by atoms with E-state index in [4.69, 9.17) is 0 Å². The van der Waals surface area contributed by atoms with Gasteiger partial charge in [-0.25, -0.2) is 0 Å². The van der Waals surface area contributed by atoms with Crippen LogP contribution in [0.5, 0.6) is 0 Å². The Kier molecular flexibility index (Phi) is 3.23. The summed E-state index contributed by atoms with van der Waals surface area (Å²) in [6, 6.07) is 12.6. The molecule has 1 unspecified atom stereocenters. The van der Waals surface area contributed by atoms with Gasteiger partial charge in [-0.05, 0) is 54.8 Å². The van der Waals surface area contributed by atoms with Gasteiger partial charge < -0.3 is 9.47 Å². The lowest BCUT2D eigenvalue weighted by Gasteiger charge is -2.16. The molecule has 2 aliphatic heterocycles. The van der Waals surface area contributed by atoms with E-state index in [1.807, 2.05) is 22.9 Å². The summed E-state index contributed by atoms with van der Waals surface area (Å²) in [5, 5.41) is 0. The van der Waals surface area contributed by atoms with Crippen molar-refractivity contribution in [2.75, 3.05) is 20.1 Å². The standard InChI is InChI=1S/C19H20N2O/c1-20-10-8-16(12-20)14-4-6-15(7-5-14)17-11-19(22)18-3-2-9-21(18)13-17/h2-7,9,13,16H,8,10-12H2,1H3. The van der Waals surface area contributed by atoms with Gasteiger partial charge >= 0.3 is 0 Å². The molecule has 0 bridgehead atoms. The summed E-state index contributed by atoms with van der Waals surface area (Å²) in [5.74, 6) is 0.848. The van der Waals surface area contributed by atoms with Gasteiger partial charge in [-0.2, -0.15) is 0 Å². The molecular weight excluding hydrogens is 272 g/mol. The Morgan fingerprint density at radius 3 is 2.68 bits per heavy atom. The van der Waals surface area contributed by atoms with Crippen molar-refractivity contribution in [3.05, 3.63) is 59.4 Å². The first-order chi connectivity index (χ1) is 10.7. The van der Waals surface area contributed by atoms with Crippen molar-refractivity contribution >= 4 is 17.6 Å². The quantitative estimate of drug-likeness (QED) is 0.846. The fourth-order valence-corrected chi connectivity index (χ4v) is 3.57. The lowest BCUT2D eigenvalue weighted by atomic mass is 9.93. The molecule has 3 heterocycles. The third-order valence-electron chi connectivity index (χ3n) is 4.85. The summed E-state index contributed by atoms with van der Waals surface area (Å²) in [6.07, 6.45) is 5.75. The van der Waals surface area contributed by atoms with E-state index in [-0.39, 0.29) is 5.78 Å². The molecule has 0 amide bonds. The molecule has 0 N–H and O–H groups in total. The van der Waals surface area contributed by atoms with Crippen molar-refractivity contribution in [3.8, 4) is 0 Å². The van der Waals surface area contributed by atoms with Crippen LogP contribution < -0.4 is 0 Å². The third kappa shape index (κ3) is 2.32. The molecule has 1 aromatic carbocycles. The Hall–Kier alpha value is -2.13. The Labute approximate surface area is 130 Å². The van der Waals surface area contributed by atoms with Crippen molar-refractivity contribution in [3.63, 3.8) is 0 Å². The smallest absolute Gasteiger partial charge is 0.183 e. The molecule has 0 spiro atoms. The molecule has 1 atom stereocenters. The zero-order valence-electron chi connectivity index (χ0n) is 12.8. The Morgan fingerprint density at radius 1 is 1.14 bits per heavy atom. The molecule has 4 rings (SSSR count). The second-order valence-electron chi connectivity index (χ2n) is 6.42. The molecule has 22 heavy (non-hydrogen) atoms. The molecule has 1 aromatic heterocycles. The van der Waals surface area contributed by atoms with E-state index in [0.29, 0.717) is 12.3 Å². The number of allylic oxidation sites excluding steroid dienone is 1. The van der Waals surface area contributed by atoms with E-state index < -0.39 is 0 Å². The van der Waals surface area contributed by atoms with Crippen LogP contribution in [0, 0.1) is 0 Å². The highest BCUT2D eigenvalue weighted by atomic mass is 16.1. The largest absolute Gasteiger partial charge is 0.320 e. The number of likely N-dealkylation sites (tertiary alicyclic amines) is 1. The van der Waals surface area contributed by atoms with Crippen molar-refractivity contribution in [1.82, 2.24) is 9.47 Å². The van der Waals surface area contributed by atoms with Gasteiger partial charge in [0, 0.05) is 25.4 Å². The summed E-state index contributed by atoms with van der Waals surface area (Å²) in [6.45, 7) is 2.33. The van der Waals surface area contributed by atoms with Crippen LogP contribution in [0.4, 0.5) is 0 Å². The number of carbonyl (C=O) groups is 1. The highest BCUT2D eigenvalue weighted by molar-refractivity contribution is 6.06. The predicted octanol–water partition coefficient (Wildman–Crippen LogP) is 3.49. The summed E-state index contributed by atoms with van der Waals surface area (Å²) in [4.78, 5) is 14.6. The number of fused-ring (bicyclic) bond motifs is 1. The summed E-state index contributed by atoms with van der Waals surface area (Å²) in [7, 11) is 2.18. The van der Waals surface area contributed by atoms with Crippen LogP contribution >= 0.6 is 0 Å². The Bertz CT molecular complexity index is 739. The number of hydrogen-bond donors (Lipinski definition) is 0. The lowest BCUT2D eigenvalue weighted by Crippen LogP contribution is -2.13. The molecule has 2 aliphatic rings. The molecule has 1 fully saturated rings. The molecule has 112 valence electrons. The summed E-state index contributed by atoms with van der Waals surface area (Å²) >= 11 is 0. The molecule has 3 nitrogen and oxygen atoms in total. The van der Waals surface area contributed by atoms with Crippen molar-refractivity contribution < 1.29 is 4.79 Å². The first-order valence-electron chi connectivity index (χ1n) is 7.90. The molecule has 0 saturated carbocycles. The average molecular weight is 292 g/mol. The van der Waals surface area contributed by atoms with Crippen molar-refractivity contribution in [2.24, 2.45) is 0 Å². The number of nitrogens with zero attached hydrogens (tertiary/aromatic N) is 2. The van der Waals surface area contributed by atoms with Gasteiger partial charge in [0.25, 0.3) is 0 Å². The first kappa shape index (κ1) is 13.5. The second kappa shape index (κ2) is 5.25. The average Bonchev–Trinajstić information content (AvgIpc) is 3.16. The predicted molar refractivity (Wildman–Crippen MR) is 88.8 cm³/mol. The van der Waals surface area contributed by atoms with E-state index in [9.17, 15) is 4.79 Å². The van der Waals surface area contributed by atoms with Crippen LogP contribution in [0.1, 0.15) is 40.4 Å². The molecule has 1 saturated heterocycles. The molecule has 0 aliphatic carbocycles. The minimum atomic E-state index is 0.198. The maximum Gasteiger partial charge on any atom is 0.183 e. The van der Waals surface area contributed by atoms with Crippen LogP contribution in [0.2, 0.25) is 0 Å². The lowest BCUT2D eigenvalue weighted by molar-refractivity contribution is 0.0990. The molecular formula is C19H20N2O. The molecule has 0 radical (unpaired) electrons. The zero-order valence-corrected chi connectivity index (χ0v) is 12.8. The van der Waals surface area contributed by atoms with E-state index in [0.717, 1.165) is 23.4 Å². The van der Waals surface area contributed by atoms with Crippen molar-refractivity contribution in [2.45, 2.75) is 18.8 Å². The number of aromatic nitrogens is 1. The van der Waals surface area contributed by atoms with Crippen LogP contribution in [-0.4, -0.2) is 35.4 Å². The van der Waals surface area contributed by atoms with Gasteiger partial charge in [-0.3, -0.25) is 4.79 Å². The van der Waals surface area contributed by atoms with E-state index >= 15 is 0 Å². The van der Waals surface area contributed by atoms with Crippen LogP contribution in [0.25, 0.3) is 11.8 Å². The second-order valence-corrected chi connectivity index (χ2v) is 6.42. The van der Waals surface area contributed by atoms with Gasteiger partial charge in [-0.15, -0.1) is 0 Å². The van der Waals surface area contributed by atoms with Crippen LogP contribution in [0.3, 0.4) is 0 Å². The zero-order chi connectivity index (χ0) is 15.1. The van der Waals surface area contributed by atoms with E-state index in [1.54, 1.807) is 0 Å². The number of carbonyl (C=O) groups excluding carboxylic acids is 1. The molecule has 3 heteroatoms. The normalized spacial score (nSPS) is 21.8. The van der Waals surface area contributed by atoms with Gasteiger partial charge in [0.2, 0.25) is 0 Å². The monoisotopic (exact) mass is 292 g/mol. The molecule has 2 aromatic rings. The Balaban J connectivity index is 1.60. The maximum atomic E-state index is 12.2. The number of hydrogen-bond acceptors (Lipinski definition) is 2. The number of benzene rings is 1. The van der Waals surface area contributed by atoms with E-state index in [1.165, 1.54) is 18.5 Å². The van der Waals surface area contributed by atoms with Gasteiger partial charge in [0.05, 0.1) is 5.69 Å². The minimum Gasteiger partial charge on any atom is -0.320 e. The highest BCUT2D eigenvalue weighted by Gasteiger charge is 2.22. The number of Topliss-reactive ketones (excluding diaryl/α,β-unsaturated/α-hetero) is 1. The van der Waals surface area contributed by atoms with Gasteiger partial charge in [0.15, 0.2) is 5.78 Å². The SMILES string of the molecule is CN1CCC(c2ccc(C3=Cn4cccc4C(=O)C3)cc2)C1. The number of ketones is 1. The minimum absolute atomic E-state index is 0.198. The fraction of sp³-hybridized carbons (Fsp3) is 0.316. The van der Waals surface area contributed by atoms with Gasteiger partial charge in [0.1, 0.15) is 0 Å². The highest BCUT2D eigenvalue weighted by Crippen LogP contribution is 2.30. The number of likely N-dealkylation sites (N-methyl/N-ethyl adjacent to an activating group) is 1. The van der Waals surface area contributed by atoms with Crippen molar-refractivity contribution in [1.29, 1.82) is 0 Å². The van der Waals surface area contributed by atoms with E-state index in [2.05, 4.69) is 42.4 Å². The maximum absolute atomic E-state index is 12.2. The Morgan fingerprint density at radius 2 is 1.95 bits per heavy atom. The topological polar surface area (TPSA) is 25.2 Å². The third-order valence-corrected chi connectivity index (χ3v) is 4.85.